The van der Waals surface area contributed by atoms with Crippen molar-refractivity contribution in [2.24, 2.45) is 0 Å². The summed E-state index contributed by atoms with van der Waals surface area (Å²) < 4.78 is 14.1. The molecule has 0 aliphatic heterocycles. The van der Waals surface area contributed by atoms with Crippen molar-refractivity contribution in [3.05, 3.63) is 57.0 Å². The van der Waals surface area contributed by atoms with Crippen LogP contribution in [0.2, 0.25) is 4.34 Å². The van der Waals surface area contributed by atoms with E-state index in [1.54, 1.807) is 30.3 Å². The number of hydrogen-bond donors (Lipinski definition) is 1. The van der Waals surface area contributed by atoms with Gasteiger partial charge in [0, 0.05) is 4.88 Å². The molecule has 0 amide bonds. The van der Waals surface area contributed by atoms with E-state index in [0.717, 1.165) is 0 Å². The zero-order chi connectivity index (χ0) is 13.1. The monoisotopic (exact) mass is 284 g/mol. The minimum Gasteiger partial charge on any atom is -0.481 e. The lowest BCUT2D eigenvalue weighted by atomic mass is 9.97. The highest BCUT2D eigenvalue weighted by atomic mass is 35.5. The van der Waals surface area contributed by atoms with Gasteiger partial charge in [0.1, 0.15) is 5.82 Å². The fourth-order valence-electron chi connectivity index (χ4n) is 1.71. The molecule has 0 saturated heterocycles. The quantitative estimate of drug-likeness (QED) is 0.923. The number of thiophene rings is 1. The maximum absolute atomic E-state index is 13.5. The summed E-state index contributed by atoms with van der Waals surface area (Å²) in [4.78, 5) is 11.9. The first kappa shape index (κ1) is 13.1. The lowest BCUT2D eigenvalue weighted by molar-refractivity contribution is -0.138. The molecular weight excluding hydrogens is 275 g/mol. The van der Waals surface area contributed by atoms with Gasteiger partial charge in [-0.15, -0.1) is 11.3 Å². The number of carboxylic acids is 1. The summed E-state index contributed by atoms with van der Waals surface area (Å²) in [7, 11) is 0. The van der Waals surface area contributed by atoms with Crippen molar-refractivity contribution >= 4 is 28.9 Å². The Morgan fingerprint density at radius 2 is 2.06 bits per heavy atom. The Labute approximate surface area is 113 Å². The van der Waals surface area contributed by atoms with Crippen LogP contribution in [0.5, 0.6) is 0 Å². The molecule has 0 aliphatic rings. The zero-order valence-corrected chi connectivity index (χ0v) is 10.8. The standard InChI is InChI=1S/C13H10ClFO2S/c14-12-6-5-11(18-12)9(13(16)17)7-8-3-1-2-4-10(8)15/h1-6,9H,7H2,(H,16,17). The summed E-state index contributed by atoms with van der Waals surface area (Å²) in [5.74, 6) is -2.12. The molecule has 0 spiro atoms. The van der Waals surface area contributed by atoms with Gasteiger partial charge in [0.2, 0.25) is 0 Å². The van der Waals surface area contributed by atoms with Gasteiger partial charge in [-0.3, -0.25) is 4.79 Å². The molecule has 1 aromatic carbocycles. The molecule has 1 aromatic heterocycles. The number of carbonyl (C=O) groups is 1. The van der Waals surface area contributed by atoms with Gasteiger partial charge in [0.15, 0.2) is 0 Å². The summed E-state index contributed by atoms with van der Waals surface area (Å²) >= 11 is 7.01. The second-order valence-corrected chi connectivity index (χ2v) is 5.57. The van der Waals surface area contributed by atoms with Crippen LogP contribution in [0.15, 0.2) is 36.4 Å². The second-order valence-electron chi connectivity index (χ2n) is 3.83. The molecule has 1 atom stereocenters. The van der Waals surface area contributed by atoms with Crippen molar-refractivity contribution in [3.63, 3.8) is 0 Å². The molecule has 1 heterocycles. The molecule has 94 valence electrons. The van der Waals surface area contributed by atoms with E-state index in [2.05, 4.69) is 0 Å². The third-order valence-electron chi connectivity index (χ3n) is 2.62. The molecule has 2 rings (SSSR count). The molecule has 0 fully saturated rings. The van der Waals surface area contributed by atoms with Crippen LogP contribution in [0.4, 0.5) is 4.39 Å². The van der Waals surface area contributed by atoms with Crippen LogP contribution in [-0.4, -0.2) is 11.1 Å². The minimum atomic E-state index is -0.975. The molecule has 1 unspecified atom stereocenters. The predicted octanol–water partition coefficient (Wildman–Crippen LogP) is 3.95. The number of hydrogen-bond acceptors (Lipinski definition) is 2. The lowest BCUT2D eigenvalue weighted by Gasteiger charge is -2.11. The van der Waals surface area contributed by atoms with Gasteiger partial charge in [0.05, 0.1) is 10.3 Å². The third kappa shape index (κ3) is 2.89. The fraction of sp³-hybridized carbons (Fsp3) is 0.154. The highest BCUT2D eigenvalue weighted by Crippen LogP contribution is 2.31. The topological polar surface area (TPSA) is 37.3 Å². The van der Waals surface area contributed by atoms with Gasteiger partial charge in [-0.05, 0) is 30.2 Å². The molecule has 0 radical (unpaired) electrons. The summed E-state index contributed by atoms with van der Waals surface area (Å²) in [5.41, 5.74) is 0.398. The van der Waals surface area contributed by atoms with Crippen LogP contribution in [-0.2, 0) is 11.2 Å². The molecule has 5 heteroatoms. The Balaban J connectivity index is 2.28. The number of halogens is 2. The first-order valence-electron chi connectivity index (χ1n) is 5.29. The van der Waals surface area contributed by atoms with Crippen LogP contribution >= 0.6 is 22.9 Å². The maximum Gasteiger partial charge on any atom is 0.312 e. The van der Waals surface area contributed by atoms with Crippen LogP contribution in [0.3, 0.4) is 0 Å². The van der Waals surface area contributed by atoms with Crippen molar-refractivity contribution in [2.75, 3.05) is 0 Å². The summed E-state index contributed by atoms with van der Waals surface area (Å²) in [6.45, 7) is 0. The van der Waals surface area contributed by atoms with Crippen LogP contribution in [0.25, 0.3) is 0 Å². The van der Waals surface area contributed by atoms with E-state index in [1.807, 2.05) is 0 Å². The second kappa shape index (κ2) is 5.50. The number of benzene rings is 1. The molecule has 18 heavy (non-hydrogen) atoms. The third-order valence-corrected chi connectivity index (χ3v) is 3.96. The molecule has 2 aromatic rings. The SMILES string of the molecule is O=C(O)C(Cc1ccccc1F)c1ccc(Cl)s1. The molecule has 0 aliphatic carbocycles. The van der Waals surface area contributed by atoms with Crippen LogP contribution < -0.4 is 0 Å². The first-order chi connectivity index (χ1) is 8.58. The average molecular weight is 285 g/mol. The van der Waals surface area contributed by atoms with Crippen molar-refractivity contribution < 1.29 is 14.3 Å². The number of aliphatic carboxylic acids is 1. The van der Waals surface area contributed by atoms with Gasteiger partial charge in [-0.1, -0.05) is 29.8 Å². The average Bonchev–Trinajstić information content (AvgIpc) is 2.74. The van der Waals surface area contributed by atoms with Crippen LogP contribution in [0, 0.1) is 5.82 Å². The summed E-state index contributed by atoms with van der Waals surface area (Å²) in [6.07, 6.45) is 0.124. The number of carboxylic acid groups (broad SMARTS) is 1. The Morgan fingerprint density at radius 3 is 2.61 bits per heavy atom. The maximum atomic E-state index is 13.5. The van der Waals surface area contributed by atoms with Gasteiger partial charge in [-0.2, -0.15) is 0 Å². The smallest absolute Gasteiger partial charge is 0.312 e. The fourth-order valence-corrected chi connectivity index (χ4v) is 2.86. The van der Waals surface area contributed by atoms with E-state index in [4.69, 9.17) is 11.6 Å². The summed E-state index contributed by atoms with van der Waals surface area (Å²) in [6, 6.07) is 9.52. The Bertz CT molecular complexity index is 568. The molecule has 2 nitrogen and oxygen atoms in total. The molecular formula is C13H10ClFO2S. The van der Waals surface area contributed by atoms with Gasteiger partial charge < -0.3 is 5.11 Å². The highest BCUT2D eigenvalue weighted by Gasteiger charge is 2.23. The van der Waals surface area contributed by atoms with Crippen molar-refractivity contribution in [3.8, 4) is 0 Å². The van der Waals surface area contributed by atoms with E-state index in [-0.39, 0.29) is 12.2 Å². The van der Waals surface area contributed by atoms with Crippen LogP contribution in [0.1, 0.15) is 16.4 Å². The number of rotatable bonds is 4. The van der Waals surface area contributed by atoms with Gasteiger partial charge >= 0.3 is 5.97 Å². The van der Waals surface area contributed by atoms with Gasteiger partial charge in [0.25, 0.3) is 0 Å². The Morgan fingerprint density at radius 1 is 1.33 bits per heavy atom. The van der Waals surface area contributed by atoms with E-state index >= 15 is 0 Å². The Kier molecular flexibility index (Phi) is 3.99. The van der Waals surface area contributed by atoms with Crippen molar-refractivity contribution in [1.29, 1.82) is 0 Å². The summed E-state index contributed by atoms with van der Waals surface area (Å²) in [5, 5.41) is 9.23. The molecule has 1 N–H and O–H groups in total. The van der Waals surface area contributed by atoms with E-state index in [9.17, 15) is 14.3 Å². The van der Waals surface area contributed by atoms with Crippen molar-refractivity contribution in [2.45, 2.75) is 12.3 Å². The lowest BCUT2D eigenvalue weighted by Crippen LogP contribution is -2.13. The highest BCUT2D eigenvalue weighted by molar-refractivity contribution is 7.16. The van der Waals surface area contributed by atoms with Gasteiger partial charge in [-0.25, -0.2) is 4.39 Å². The predicted molar refractivity (Wildman–Crippen MR) is 69.8 cm³/mol. The van der Waals surface area contributed by atoms with E-state index < -0.39 is 11.9 Å². The molecule has 0 bridgehead atoms. The van der Waals surface area contributed by atoms with Crippen molar-refractivity contribution in [1.82, 2.24) is 0 Å². The Hall–Kier alpha value is -1.39. The van der Waals surface area contributed by atoms with E-state index in [0.29, 0.717) is 14.8 Å². The largest absolute Gasteiger partial charge is 0.481 e. The zero-order valence-electron chi connectivity index (χ0n) is 9.27. The normalized spacial score (nSPS) is 12.3. The van der Waals surface area contributed by atoms with E-state index in [1.165, 1.54) is 17.4 Å². The molecule has 0 saturated carbocycles. The minimum absolute atomic E-state index is 0.124. The first-order valence-corrected chi connectivity index (χ1v) is 6.49.